The smallest absolute Gasteiger partial charge is 0.329 e. The molecule has 184 valence electrons. The first-order valence-corrected chi connectivity index (χ1v) is 12.4. The van der Waals surface area contributed by atoms with Gasteiger partial charge in [0.05, 0.1) is 17.8 Å². The van der Waals surface area contributed by atoms with Crippen LogP contribution < -0.4 is 10.2 Å². The first-order valence-electron chi connectivity index (χ1n) is 11.5. The fourth-order valence-electron chi connectivity index (χ4n) is 3.50. The topological polar surface area (TPSA) is 88.6 Å². The van der Waals surface area contributed by atoms with Gasteiger partial charge in [0.15, 0.2) is 5.13 Å². The molecule has 0 saturated carbocycles. The minimum Gasteiger partial charge on any atom is -0.458 e. The van der Waals surface area contributed by atoms with Crippen LogP contribution in [0.5, 0.6) is 0 Å². The van der Waals surface area contributed by atoms with Crippen LogP contribution in [0.15, 0.2) is 53.9 Å². The summed E-state index contributed by atoms with van der Waals surface area (Å²) >= 11 is 1.30. The van der Waals surface area contributed by atoms with Crippen molar-refractivity contribution in [1.82, 2.24) is 10.3 Å². The molecule has 2 aromatic carbocycles. The van der Waals surface area contributed by atoms with Crippen LogP contribution in [-0.2, 0) is 32.1 Å². The molecule has 1 atom stereocenters. The Morgan fingerprint density at radius 2 is 1.77 bits per heavy atom. The van der Waals surface area contributed by atoms with E-state index < -0.39 is 12.0 Å². The van der Waals surface area contributed by atoms with E-state index in [2.05, 4.69) is 10.3 Å². The molecular weight excluding hydrogens is 462 g/mol. The van der Waals surface area contributed by atoms with Gasteiger partial charge in [0.1, 0.15) is 12.6 Å². The molecule has 0 spiro atoms. The van der Waals surface area contributed by atoms with Crippen molar-refractivity contribution >= 4 is 39.9 Å². The van der Waals surface area contributed by atoms with Crippen LogP contribution in [0.25, 0.3) is 0 Å². The molecule has 8 heteroatoms. The molecule has 3 aromatic rings. The molecule has 0 fully saturated rings. The number of aryl methyl sites for hydroxylation is 2. The number of thiazole rings is 1. The molecule has 1 N–H and O–H groups in total. The second-order valence-corrected chi connectivity index (χ2v) is 9.64. The predicted molar refractivity (Wildman–Crippen MR) is 138 cm³/mol. The highest BCUT2D eigenvalue weighted by molar-refractivity contribution is 7.14. The molecule has 0 aliphatic heterocycles. The van der Waals surface area contributed by atoms with Crippen LogP contribution in [-0.4, -0.2) is 28.8 Å². The number of ether oxygens (including phenoxy) is 1. The Morgan fingerprint density at radius 1 is 1.06 bits per heavy atom. The van der Waals surface area contributed by atoms with Gasteiger partial charge in [-0.15, -0.1) is 11.3 Å². The van der Waals surface area contributed by atoms with Gasteiger partial charge < -0.3 is 10.1 Å². The van der Waals surface area contributed by atoms with E-state index in [-0.39, 0.29) is 30.8 Å². The standard InChI is InChI=1S/C27H31N3O4S/c1-17(2)25(29-24(32)14-21-9-7-6-8-10-21)26(33)34-15-22-16-35-27(28-22)30(20(5)31)23-12-11-18(3)19(4)13-23/h6-13,16-17,25H,14-15H2,1-5H3,(H,29,32)/t25-/m0/s1. The van der Waals surface area contributed by atoms with Gasteiger partial charge >= 0.3 is 5.97 Å². The highest BCUT2D eigenvalue weighted by Gasteiger charge is 2.26. The largest absolute Gasteiger partial charge is 0.458 e. The summed E-state index contributed by atoms with van der Waals surface area (Å²) in [5, 5.41) is 5.05. The maximum atomic E-state index is 12.8. The molecule has 0 bridgehead atoms. The number of carbonyl (C=O) groups excluding carboxylic acids is 3. The lowest BCUT2D eigenvalue weighted by Gasteiger charge is -2.21. The van der Waals surface area contributed by atoms with Gasteiger partial charge in [0, 0.05) is 12.3 Å². The summed E-state index contributed by atoms with van der Waals surface area (Å²) in [7, 11) is 0. The van der Waals surface area contributed by atoms with Crippen molar-refractivity contribution in [2.24, 2.45) is 5.92 Å². The zero-order valence-electron chi connectivity index (χ0n) is 20.7. The Balaban J connectivity index is 1.64. The molecule has 0 saturated heterocycles. The van der Waals surface area contributed by atoms with E-state index >= 15 is 0 Å². The second kappa shape index (κ2) is 11.8. The van der Waals surface area contributed by atoms with E-state index in [1.807, 2.05) is 76.2 Å². The Bertz CT molecular complexity index is 1190. The van der Waals surface area contributed by atoms with Crippen molar-refractivity contribution in [1.29, 1.82) is 0 Å². The number of rotatable bonds is 9. The normalized spacial score (nSPS) is 11.7. The number of hydrogen-bond donors (Lipinski definition) is 1. The summed E-state index contributed by atoms with van der Waals surface area (Å²) in [6, 6.07) is 14.4. The van der Waals surface area contributed by atoms with Gasteiger partial charge in [0.25, 0.3) is 0 Å². The van der Waals surface area contributed by atoms with Crippen LogP contribution in [0.4, 0.5) is 10.8 Å². The van der Waals surface area contributed by atoms with Gasteiger partial charge in [-0.2, -0.15) is 0 Å². The third-order valence-electron chi connectivity index (χ3n) is 5.60. The molecule has 7 nitrogen and oxygen atoms in total. The Kier molecular flexibility index (Phi) is 8.76. The fraction of sp³-hybridized carbons (Fsp3) is 0.333. The van der Waals surface area contributed by atoms with E-state index in [4.69, 9.17) is 4.74 Å². The van der Waals surface area contributed by atoms with Crippen molar-refractivity contribution in [2.45, 2.75) is 53.7 Å². The van der Waals surface area contributed by atoms with E-state index in [1.54, 1.807) is 10.3 Å². The van der Waals surface area contributed by atoms with Crippen LogP contribution in [0.3, 0.4) is 0 Å². The Hall–Kier alpha value is -3.52. The SMILES string of the molecule is CC(=O)N(c1ccc(C)c(C)c1)c1nc(COC(=O)[C@@H](NC(=O)Cc2ccccc2)C(C)C)cs1. The molecule has 35 heavy (non-hydrogen) atoms. The highest BCUT2D eigenvalue weighted by Crippen LogP contribution is 2.30. The van der Waals surface area contributed by atoms with Crippen molar-refractivity contribution in [3.63, 3.8) is 0 Å². The lowest BCUT2D eigenvalue weighted by molar-refractivity contribution is -0.150. The number of esters is 1. The zero-order valence-corrected chi connectivity index (χ0v) is 21.5. The summed E-state index contributed by atoms with van der Waals surface area (Å²) in [6.45, 7) is 9.15. The maximum Gasteiger partial charge on any atom is 0.329 e. The molecular formula is C27H31N3O4S. The van der Waals surface area contributed by atoms with E-state index in [0.717, 1.165) is 22.4 Å². The molecule has 0 aliphatic carbocycles. The third kappa shape index (κ3) is 6.99. The van der Waals surface area contributed by atoms with E-state index in [0.29, 0.717) is 10.8 Å². The zero-order chi connectivity index (χ0) is 25.5. The lowest BCUT2D eigenvalue weighted by Crippen LogP contribution is -2.45. The Morgan fingerprint density at radius 3 is 2.40 bits per heavy atom. The number of hydrogen-bond acceptors (Lipinski definition) is 6. The molecule has 2 amide bonds. The average molecular weight is 494 g/mol. The number of carbonyl (C=O) groups is 3. The number of aromatic nitrogens is 1. The summed E-state index contributed by atoms with van der Waals surface area (Å²) in [6.07, 6.45) is 0.187. The highest BCUT2D eigenvalue weighted by atomic mass is 32.1. The Labute approximate surface area is 210 Å². The van der Waals surface area contributed by atoms with Crippen molar-refractivity contribution in [3.8, 4) is 0 Å². The van der Waals surface area contributed by atoms with E-state index in [9.17, 15) is 14.4 Å². The number of nitrogens with zero attached hydrogens (tertiary/aromatic N) is 2. The molecule has 0 unspecified atom stereocenters. The quantitative estimate of drug-likeness (QED) is 0.430. The van der Waals surface area contributed by atoms with E-state index in [1.165, 1.54) is 18.3 Å². The molecule has 0 aliphatic rings. The first kappa shape index (κ1) is 26.1. The van der Waals surface area contributed by atoms with Crippen molar-refractivity contribution < 1.29 is 19.1 Å². The predicted octanol–water partition coefficient (Wildman–Crippen LogP) is 4.87. The number of anilines is 2. The van der Waals surface area contributed by atoms with Gasteiger partial charge in [-0.25, -0.2) is 9.78 Å². The number of nitrogens with one attached hydrogen (secondary N) is 1. The van der Waals surface area contributed by atoms with Crippen molar-refractivity contribution in [2.75, 3.05) is 4.90 Å². The maximum absolute atomic E-state index is 12.8. The van der Waals surface area contributed by atoms with Crippen LogP contribution >= 0.6 is 11.3 Å². The fourth-order valence-corrected chi connectivity index (χ4v) is 4.37. The summed E-state index contributed by atoms with van der Waals surface area (Å²) < 4.78 is 5.48. The van der Waals surface area contributed by atoms with Gasteiger partial charge in [-0.3, -0.25) is 14.5 Å². The molecule has 1 heterocycles. The lowest BCUT2D eigenvalue weighted by atomic mass is 10.0. The van der Waals surface area contributed by atoms with Gasteiger partial charge in [-0.1, -0.05) is 50.2 Å². The van der Waals surface area contributed by atoms with Crippen molar-refractivity contribution in [3.05, 3.63) is 76.3 Å². The molecule has 3 rings (SSSR count). The summed E-state index contributed by atoms with van der Waals surface area (Å²) in [5.41, 5.74) is 4.36. The first-order chi connectivity index (χ1) is 16.7. The average Bonchev–Trinajstić information content (AvgIpc) is 3.27. The summed E-state index contributed by atoms with van der Waals surface area (Å²) in [5.74, 6) is -1.07. The second-order valence-electron chi connectivity index (χ2n) is 8.80. The third-order valence-corrected chi connectivity index (χ3v) is 6.48. The minimum absolute atomic E-state index is 0.0498. The summed E-state index contributed by atoms with van der Waals surface area (Å²) in [4.78, 5) is 43.7. The number of benzene rings is 2. The molecule has 0 radical (unpaired) electrons. The van der Waals surface area contributed by atoms with Gasteiger partial charge in [-0.05, 0) is 48.6 Å². The van der Waals surface area contributed by atoms with Crippen LogP contribution in [0.1, 0.15) is 43.2 Å². The van der Waals surface area contributed by atoms with Gasteiger partial charge in [0.2, 0.25) is 11.8 Å². The minimum atomic E-state index is -0.770. The molecule has 1 aromatic heterocycles. The van der Waals surface area contributed by atoms with Crippen LogP contribution in [0, 0.1) is 19.8 Å². The van der Waals surface area contributed by atoms with Crippen LogP contribution in [0.2, 0.25) is 0 Å². The monoisotopic (exact) mass is 493 g/mol. The number of amides is 2.